The third-order valence-electron chi connectivity index (χ3n) is 3.57. The molecule has 0 fully saturated rings. The van der Waals surface area contributed by atoms with E-state index in [1.165, 1.54) is 12.1 Å². The van der Waals surface area contributed by atoms with Crippen LogP contribution in [-0.2, 0) is 9.84 Å². The minimum absolute atomic E-state index is 0.313. The van der Waals surface area contributed by atoms with Crippen molar-refractivity contribution in [1.29, 1.82) is 0 Å². The molecular weight excluding hydrogens is 393 g/mol. The van der Waals surface area contributed by atoms with Gasteiger partial charge in [-0.2, -0.15) is 0 Å². The lowest BCUT2D eigenvalue weighted by Gasteiger charge is -2.10. The molecule has 0 atom stereocenters. The van der Waals surface area contributed by atoms with Crippen molar-refractivity contribution >= 4 is 25.8 Å². The molecule has 3 aromatic rings. The van der Waals surface area contributed by atoms with Crippen molar-refractivity contribution in [2.24, 2.45) is 0 Å². The highest BCUT2D eigenvalue weighted by Gasteiger charge is 2.16. The molecule has 0 radical (unpaired) electrons. The predicted octanol–water partition coefficient (Wildman–Crippen LogP) is 4.72. The van der Waals surface area contributed by atoms with E-state index in [-0.39, 0.29) is 4.90 Å². The van der Waals surface area contributed by atoms with E-state index in [1.54, 1.807) is 12.3 Å². The summed E-state index contributed by atoms with van der Waals surface area (Å²) < 4.78 is 38.3. The zero-order chi connectivity index (χ0) is 17.3. The summed E-state index contributed by atoms with van der Waals surface area (Å²) in [7, 11) is -3.60. The Balaban J connectivity index is 2.14. The molecule has 24 heavy (non-hydrogen) atoms. The fraction of sp³-hybridized carbons (Fsp3) is 0.0556. The Bertz CT molecular complexity index is 1000. The normalized spacial score (nSPS) is 11.5. The number of aromatic nitrogens is 1. The molecule has 2 aromatic carbocycles. The van der Waals surface area contributed by atoms with E-state index in [4.69, 9.17) is 0 Å². The number of nitrogens with zero attached hydrogens (tertiary/aromatic N) is 1. The number of sulfone groups is 1. The molecule has 0 spiro atoms. The first-order valence-corrected chi connectivity index (χ1v) is 9.75. The highest BCUT2D eigenvalue weighted by Crippen LogP contribution is 2.32. The van der Waals surface area contributed by atoms with Gasteiger partial charge in [0.25, 0.3) is 0 Å². The van der Waals surface area contributed by atoms with Crippen LogP contribution in [-0.4, -0.2) is 19.7 Å². The number of rotatable bonds is 3. The second kappa shape index (κ2) is 6.45. The van der Waals surface area contributed by atoms with Crippen molar-refractivity contribution in [1.82, 2.24) is 4.98 Å². The van der Waals surface area contributed by atoms with Gasteiger partial charge in [-0.1, -0.05) is 40.2 Å². The molecule has 0 bridgehead atoms. The van der Waals surface area contributed by atoms with E-state index < -0.39 is 15.7 Å². The molecule has 3 rings (SSSR count). The van der Waals surface area contributed by atoms with Crippen LogP contribution in [0.4, 0.5) is 4.39 Å². The van der Waals surface area contributed by atoms with Gasteiger partial charge in [0.05, 0.1) is 5.69 Å². The standard InChI is InChI=1S/C18H13BrFNO2S/c1-24(22,23)17-9-6-13(11-16(17)20)18-15(3-2-10-21-18)12-4-7-14(19)8-5-12/h2-11H,1H3. The van der Waals surface area contributed by atoms with Crippen molar-refractivity contribution < 1.29 is 12.8 Å². The quantitative estimate of drug-likeness (QED) is 0.633. The van der Waals surface area contributed by atoms with E-state index in [0.29, 0.717) is 11.3 Å². The Labute approximate surface area is 148 Å². The average Bonchev–Trinajstić information content (AvgIpc) is 2.54. The predicted molar refractivity (Wildman–Crippen MR) is 95.9 cm³/mol. The maximum atomic E-state index is 14.2. The van der Waals surface area contributed by atoms with E-state index in [9.17, 15) is 12.8 Å². The summed E-state index contributed by atoms with van der Waals surface area (Å²) in [6, 6.07) is 15.5. The molecule has 0 unspecified atom stereocenters. The zero-order valence-corrected chi connectivity index (χ0v) is 15.1. The summed E-state index contributed by atoms with van der Waals surface area (Å²) in [5.41, 5.74) is 2.91. The van der Waals surface area contributed by atoms with Gasteiger partial charge in [0.2, 0.25) is 0 Å². The molecule has 1 aromatic heterocycles. The number of benzene rings is 2. The molecule has 0 aliphatic rings. The van der Waals surface area contributed by atoms with Gasteiger partial charge in [0.15, 0.2) is 9.84 Å². The first kappa shape index (κ1) is 16.8. The summed E-state index contributed by atoms with van der Waals surface area (Å²) in [5.74, 6) is -0.776. The second-order valence-corrected chi connectivity index (χ2v) is 8.22. The maximum absolute atomic E-state index is 14.2. The first-order chi connectivity index (χ1) is 11.4. The topological polar surface area (TPSA) is 47.0 Å². The van der Waals surface area contributed by atoms with Crippen LogP contribution in [0.25, 0.3) is 22.4 Å². The summed E-state index contributed by atoms with van der Waals surface area (Å²) in [6.07, 6.45) is 2.61. The van der Waals surface area contributed by atoms with Gasteiger partial charge in [-0.15, -0.1) is 0 Å². The summed E-state index contributed by atoms with van der Waals surface area (Å²) in [4.78, 5) is 4.04. The lowest BCUT2D eigenvalue weighted by atomic mass is 9.99. The molecule has 0 N–H and O–H groups in total. The highest BCUT2D eigenvalue weighted by atomic mass is 79.9. The van der Waals surface area contributed by atoms with Crippen LogP contribution in [0, 0.1) is 5.82 Å². The van der Waals surface area contributed by atoms with Gasteiger partial charge in [0.1, 0.15) is 10.7 Å². The summed E-state index contributed by atoms with van der Waals surface area (Å²) in [6.45, 7) is 0. The Morgan fingerprint density at radius 3 is 2.29 bits per heavy atom. The van der Waals surface area contributed by atoms with Crippen molar-refractivity contribution in [3.8, 4) is 22.4 Å². The largest absolute Gasteiger partial charge is 0.256 e. The number of pyridine rings is 1. The van der Waals surface area contributed by atoms with E-state index >= 15 is 0 Å². The van der Waals surface area contributed by atoms with Crippen molar-refractivity contribution in [2.45, 2.75) is 4.90 Å². The first-order valence-electron chi connectivity index (χ1n) is 7.07. The third kappa shape index (κ3) is 3.39. The highest BCUT2D eigenvalue weighted by molar-refractivity contribution is 9.10. The molecule has 6 heteroatoms. The molecule has 0 saturated carbocycles. The third-order valence-corrected chi connectivity index (χ3v) is 5.23. The Morgan fingerprint density at radius 1 is 1.00 bits per heavy atom. The fourth-order valence-corrected chi connectivity index (χ4v) is 3.44. The van der Waals surface area contributed by atoms with Gasteiger partial charge in [0, 0.05) is 28.1 Å². The maximum Gasteiger partial charge on any atom is 0.178 e. The Hall–Kier alpha value is -2.05. The molecule has 122 valence electrons. The average molecular weight is 406 g/mol. The van der Waals surface area contributed by atoms with E-state index in [2.05, 4.69) is 20.9 Å². The molecule has 0 aliphatic carbocycles. The number of halogens is 2. The monoisotopic (exact) mass is 405 g/mol. The molecule has 0 saturated heterocycles. The lowest BCUT2D eigenvalue weighted by Crippen LogP contribution is -2.01. The van der Waals surface area contributed by atoms with Gasteiger partial charge in [-0.05, 0) is 35.9 Å². The minimum Gasteiger partial charge on any atom is -0.256 e. The van der Waals surface area contributed by atoms with Crippen molar-refractivity contribution in [3.05, 3.63) is 71.1 Å². The SMILES string of the molecule is CS(=O)(=O)c1ccc(-c2ncccc2-c2ccc(Br)cc2)cc1F. The number of hydrogen-bond acceptors (Lipinski definition) is 3. The molecular formula is C18H13BrFNO2S. The zero-order valence-electron chi connectivity index (χ0n) is 12.7. The van der Waals surface area contributed by atoms with Crippen LogP contribution < -0.4 is 0 Å². The van der Waals surface area contributed by atoms with Gasteiger partial charge in [-0.3, -0.25) is 4.98 Å². The van der Waals surface area contributed by atoms with E-state index in [1.807, 2.05) is 36.4 Å². The van der Waals surface area contributed by atoms with Crippen LogP contribution in [0.5, 0.6) is 0 Å². The minimum atomic E-state index is -3.60. The van der Waals surface area contributed by atoms with Crippen molar-refractivity contribution in [2.75, 3.05) is 6.26 Å². The van der Waals surface area contributed by atoms with Gasteiger partial charge in [-0.25, -0.2) is 12.8 Å². The van der Waals surface area contributed by atoms with E-state index in [0.717, 1.165) is 21.9 Å². The summed E-state index contributed by atoms with van der Waals surface area (Å²) in [5, 5.41) is 0. The molecule has 3 nitrogen and oxygen atoms in total. The molecule has 0 aliphatic heterocycles. The van der Waals surface area contributed by atoms with Gasteiger partial charge < -0.3 is 0 Å². The van der Waals surface area contributed by atoms with Crippen LogP contribution in [0.2, 0.25) is 0 Å². The molecule has 1 heterocycles. The summed E-state index contributed by atoms with van der Waals surface area (Å²) >= 11 is 3.40. The second-order valence-electron chi connectivity index (χ2n) is 5.32. The smallest absolute Gasteiger partial charge is 0.178 e. The Morgan fingerprint density at radius 2 is 1.67 bits per heavy atom. The van der Waals surface area contributed by atoms with Crippen molar-refractivity contribution in [3.63, 3.8) is 0 Å². The lowest BCUT2D eigenvalue weighted by molar-refractivity contribution is 0.571. The van der Waals surface area contributed by atoms with Crippen LogP contribution in [0.3, 0.4) is 0 Å². The number of hydrogen-bond donors (Lipinski definition) is 0. The molecule has 0 amide bonds. The van der Waals surface area contributed by atoms with Gasteiger partial charge >= 0.3 is 0 Å². The fourth-order valence-electron chi connectivity index (χ4n) is 2.45. The van der Waals surface area contributed by atoms with Crippen LogP contribution >= 0.6 is 15.9 Å². The Kier molecular flexibility index (Phi) is 4.51. The van der Waals surface area contributed by atoms with Crippen LogP contribution in [0.1, 0.15) is 0 Å². The van der Waals surface area contributed by atoms with Crippen LogP contribution in [0.15, 0.2) is 70.2 Å².